The van der Waals surface area contributed by atoms with E-state index in [1.54, 1.807) is 26.1 Å². The molecule has 0 aromatic heterocycles. The summed E-state index contributed by atoms with van der Waals surface area (Å²) in [6.07, 6.45) is -13.5. The molecule has 7 aliphatic heterocycles. The molecule has 48 heteroatoms. The fraction of sp³-hybridized carbons (Fsp3) is 0.803. The van der Waals surface area contributed by atoms with E-state index in [9.17, 15) is 90.4 Å². The van der Waals surface area contributed by atoms with E-state index in [4.69, 9.17) is 62.4 Å². The van der Waals surface area contributed by atoms with Crippen LogP contribution in [-0.2, 0) is 80.8 Å². The van der Waals surface area contributed by atoms with Crippen molar-refractivity contribution >= 4 is 29.6 Å². The molecule has 0 aromatic carbocycles. The lowest BCUT2D eigenvalue weighted by Crippen LogP contribution is -2.64. The molecule has 0 bridgehead atoms. The fourth-order valence-electron chi connectivity index (χ4n) is 13.0. The molecule has 7 rings (SSSR count). The lowest BCUT2D eigenvalue weighted by Gasteiger charge is -2.42. The number of carbonyl (C=O) groups excluding carboxylic acids is 4. The first kappa shape index (κ1) is 94.5. The van der Waals surface area contributed by atoms with Crippen LogP contribution in [0.15, 0.2) is 52.7 Å². The molecule has 652 valence electrons. The molecule has 0 aromatic rings. The number of aliphatic hydroxyl groups is 12. The Morgan fingerprint density at radius 1 is 0.482 bits per heavy atom. The summed E-state index contributed by atoms with van der Waals surface area (Å²) in [7, 11) is 0. The third-order valence-corrected chi connectivity index (χ3v) is 18.7. The molecule has 0 spiro atoms. The lowest BCUT2D eigenvalue weighted by molar-refractivity contribution is -0.272. The van der Waals surface area contributed by atoms with Crippen LogP contribution in [0.3, 0.4) is 0 Å². The van der Waals surface area contributed by atoms with Crippen LogP contribution in [0.2, 0.25) is 0 Å². The summed E-state index contributed by atoms with van der Waals surface area (Å²) < 4.78 is 68.7. The molecule has 0 saturated carbocycles. The highest BCUT2D eigenvalue weighted by molar-refractivity contribution is 5.75. The maximum absolute atomic E-state index is 13.6. The van der Waals surface area contributed by atoms with Gasteiger partial charge in [0.15, 0.2) is 25.2 Å². The number of hydrazine groups is 6. The van der Waals surface area contributed by atoms with E-state index in [1.807, 2.05) is 12.4 Å². The van der Waals surface area contributed by atoms with Crippen molar-refractivity contribution < 1.29 is 147 Å². The zero-order valence-corrected chi connectivity index (χ0v) is 64.2. The second-order valence-corrected chi connectivity index (χ2v) is 27.6. The fourth-order valence-corrected chi connectivity index (χ4v) is 13.0. The number of nitrogens with zero attached hydrogens (tertiary/aromatic N) is 6. The first-order chi connectivity index (χ1) is 54.7. The first-order valence-corrected chi connectivity index (χ1v) is 37.6. The van der Waals surface area contributed by atoms with Crippen molar-refractivity contribution in [1.82, 2.24) is 84.3 Å². The van der Waals surface area contributed by atoms with Gasteiger partial charge in [0.05, 0.1) is 148 Å². The largest absolute Gasteiger partial charge is 0.480 e. The van der Waals surface area contributed by atoms with E-state index in [2.05, 4.69) is 69.5 Å². The van der Waals surface area contributed by atoms with Gasteiger partial charge in [-0.3, -0.25) is 48.8 Å². The highest BCUT2D eigenvalue weighted by Gasteiger charge is 2.49. The molecule has 4 saturated heterocycles. The standard InChI is InChI=1S/C66H118N18O30/c1-37(89)69-50-58(97)54(93)46(33-85)111-63(50)107-21-17-103-13-8-68-25-41(73-67)28-81(29-44-32-84(79-76-44)12-16-106-20-24-110-66-53(72-40(4)92)61(100)57(96)49(36-88)114-66)45(62(101)102)7-5-6-9-80(26-42-30-82(77-74-42)10-14-104-18-22-108-64-51(70-38(2)90)59(98)55(94)47(34-86)112-64)27-43-31-83(78-75-43)11-15-105-19-23-109-65-52(71-39(3)91)60(99)56(95)48(35-87)113-65/h25,30-32,45-61,63-68,74-79,85-88,93-100H,5-24,26-29,33-36H2,1-4H3,(H,69,89)(H,70,90)(H,71,91)(H,72,92)(H,101,102)/b41-25-,73-67?. The van der Waals surface area contributed by atoms with E-state index in [1.165, 1.54) is 33.9 Å². The molecule has 48 nitrogen and oxygen atoms in total. The van der Waals surface area contributed by atoms with Crippen molar-refractivity contribution in [2.24, 2.45) is 5.11 Å². The smallest absolute Gasteiger partial charge is 0.320 e. The predicted octanol–water partition coefficient (Wildman–Crippen LogP) is -11.9. The number of hydrogen-bond donors (Lipinski definition) is 25. The summed E-state index contributed by atoms with van der Waals surface area (Å²) in [5.74, 6) is -3.17. The Labute approximate surface area is 657 Å². The number of ether oxygens (including phenoxy) is 12. The van der Waals surface area contributed by atoms with Gasteiger partial charge < -0.3 is 166 Å². The van der Waals surface area contributed by atoms with Crippen molar-refractivity contribution in [3.63, 3.8) is 0 Å². The summed E-state index contributed by atoms with van der Waals surface area (Å²) >= 11 is 0. The number of carbonyl (C=O) groups is 5. The third kappa shape index (κ3) is 30.1. The third-order valence-electron chi connectivity index (χ3n) is 18.7. The van der Waals surface area contributed by atoms with Gasteiger partial charge in [-0.05, 0) is 19.4 Å². The Morgan fingerprint density at radius 2 is 0.807 bits per heavy atom. The molecular formula is C66H118N18O30. The van der Waals surface area contributed by atoms with Crippen molar-refractivity contribution in [3.8, 4) is 0 Å². The van der Waals surface area contributed by atoms with Crippen molar-refractivity contribution in [2.45, 2.75) is 176 Å². The van der Waals surface area contributed by atoms with Gasteiger partial charge in [0, 0.05) is 85.2 Å². The molecule has 7 aliphatic rings. The van der Waals surface area contributed by atoms with Gasteiger partial charge in [-0.15, -0.1) is 16.6 Å². The number of nitrogens with one attached hydrogen (secondary N) is 12. The van der Waals surface area contributed by atoms with Gasteiger partial charge in [-0.2, -0.15) is 5.11 Å². The van der Waals surface area contributed by atoms with Gasteiger partial charge >= 0.3 is 5.97 Å². The van der Waals surface area contributed by atoms with Gasteiger partial charge in [0.25, 0.3) is 0 Å². The minimum Gasteiger partial charge on any atom is -0.480 e. The zero-order chi connectivity index (χ0) is 82.8. The number of rotatable bonds is 53. The predicted molar refractivity (Wildman–Crippen MR) is 386 cm³/mol. The topological polar surface area (TPSA) is 644 Å². The molecule has 7 heterocycles. The molecule has 25 N–H and O–H groups in total. The minimum atomic E-state index is -1.50. The summed E-state index contributed by atoms with van der Waals surface area (Å²) in [6.45, 7) is 5.26. The number of aliphatic carboxylic acids is 1. The summed E-state index contributed by atoms with van der Waals surface area (Å²) in [5, 5.41) is 156. The van der Waals surface area contributed by atoms with Crippen LogP contribution in [0.5, 0.6) is 0 Å². The van der Waals surface area contributed by atoms with Crippen molar-refractivity contribution in [3.05, 3.63) is 47.6 Å². The molecule has 0 radical (unpaired) electrons. The average Bonchev–Trinajstić information content (AvgIpc) is 1.16. The van der Waals surface area contributed by atoms with Gasteiger partial charge in [-0.25, -0.2) is 5.53 Å². The van der Waals surface area contributed by atoms with Crippen molar-refractivity contribution in [1.29, 1.82) is 5.53 Å². The minimum absolute atomic E-state index is 0.00700. The number of aliphatic hydroxyl groups excluding tert-OH is 12. The van der Waals surface area contributed by atoms with E-state index < -0.39 is 185 Å². The maximum Gasteiger partial charge on any atom is 0.320 e. The Hall–Kier alpha value is -6.65. The zero-order valence-electron chi connectivity index (χ0n) is 64.2. The van der Waals surface area contributed by atoms with Crippen LogP contribution in [0.1, 0.15) is 47.0 Å². The number of hydrogen-bond acceptors (Lipinski definition) is 43. The summed E-state index contributed by atoms with van der Waals surface area (Å²) in [4.78, 5) is 64.9. The van der Waals surface area contributed by atoms with Crippen molar-refractivity contribution in [2.75, 3.05) is 165 Å². The molecule has 0 aliphatic carbocycles. The van der Waals surface area contributed by atoms with E-state index in [0.29, 0.717) is 51.3 Å². The molecular weight excluding hydrogens is 1520 g/mol. The van der Waals surface area contributed by atoms with Crippen LogP contribution in [-0.4, -0.2) is 414 Å². The van der Waals surface area contributed by atoms with E-state index >= 15 is 0 Å². The number of carboxylic acid groups (broad SMARTS) is 1. The van der Waals surface area contributed by atoms with Crippen LogP contribution >= 0.6 is 0 Å². The highest BCUT2D eigenvalue weighted by Crippen LogP contribution is 2.27. The molecule has 4 amide bonds. The van der Waals surface area contributed by atoms with Crippen LogP contribution < -0.4 is 59.5 Å². The van der Waals surface area contributed by atoms with Gasteiger partial charge in [-0.1, -0.05) is 6.42 Å². The van der Waals surface area contributed by atoms with E-state index in [-0.39, 0.29) is 118 Å². The monoisotopic (exact) mass is 1640 g/mol. The van der Waals surface area contributed by atoms with Gasteiger partial charge in [0.1, 0.15) is 103 Å². The Morgan fingerprint density at radius 3 is 1.11 bits per heavy atom. The van der Waals surface area contributed by atoms with Gasteiger partial charge in [0.2, 0.25) is 23.6 Å². The SMILES string of the molecule is CC(=O)NC1C(OCCOCCN/C=C(/CN(CC2=CN(CCOCCOC3OC(CO)C(O)C(O)C3NC(C)=O)NN2)C(CCCCN(CC2=CN(CCOCCOC3OC(CO)C(O)C(O)C3NC(C)=O)NN2)CC2=CN(CCOCCOC3OC(CO)C(O)C(O)C3NC(C)=O)NN2)C(=O)O)N=N)OC(CO)C(O)C1O. The lowest BCUT2D eigenvalue weighted by atomic mass is 9.97. The number of unbranched alkanes of at least 4 members (excludes halogenated alkanes) is 1. The van der Waals surface area contributed by atoms with E-state index in [0.717, 1.165) is 11.4 Å². The summed E-state index contributed by atoms with van der Waals surface area (Å²) in [5.41, 5.74) is 29.1. The molecule has 21 unspecified atom stereocenters. The Bertz CT molecular complexity index is 2970. The molecule has 114 heavy (non-hydrogen) atoms. The maximum atomic E-state index is 13.6. The summed E-state index contributed by atoms with van der Waals surface area (Å²) in [6, 6.07) is -5.66. The average molecular weight is 1640 g/mol. The quantitative estimate of drug-likeness (QED) is 0.0199. The Kier molecular flexibility index (Phi) is 41.1. The first-order valence-electron chi connectivity index (χ1n) is 37.6. The van der Waals surface area contributed by atoms with Crippen LogP contribution in [0.4, 0.5) is 0 Å². The Balaban J connectivity index is 0.973. The normalized spacial score (nSPS) is 30.1. The second-order valence-electron chi connectivity index (χ2n) is 27.6. The molecule has 4 fully saturated rings. The van der Waals surface area contributed by atoms with Crippen LogP contribution in [0, 0.1) is 5.53 Å². The highest BCUT2D eigenvalue weighted by atomic mass is 16.7. The number of amides is 4. The van der Waals surface area contributed by atoms with Crippen LogP contribution in [0.25, 0.3) is 0 Å². The molecule has 21 atom stereocenters. The second kappa shape index (κ2) is 49.5. The number of carboxylic acids is 1.